The zero-order valence-electron chi connectivity index (χ0n) is 17.3. The van der Waals surface area contributed by atoms with Crippen LogP contribution in [0.1, 0.15) is 31.2 Å². The highest BCUT2D eigenvalue weighted by atomic mass is 16.7. The molecule has 1 aliphatic carbocycles. The Morgan fingerprint density at radius 1 is 1.30 bits per heavy atom. The van der Waals surface area contributed by atoms with Gasteiger partial charge in [0, 0.05) is 30.7 Å². The van der Waals surface area contributed by atoms with Crippen LogP contribution in [0.5, 0.6) is 17.2 Å². The van der Waals surface area contributed by atoms with Crippen LogP contribution >= 0.6 is 0 Å². The van der Waals surface area contributed by atoms with E-state index in [-0.39, 0.29) is 30.8 Å². The number of methoxy groups -OCH3 is 2. The molecule has 1 aromatic rings. The molecule has 1 saturated heterocycles. The molecule has 9 heteroatoms. The third-order valence-electron chi connectivity index (χ3n) is 6.04. The highest BCUT2D eigenvalue weighted by Crippen LogP contribution is 2.54. The molecule has 166 valence electrons. The third kappa shape index (κ3) is 3.71. The van der Waals surface area contributed by atoms with Gasteiger partial charge in [-0.25, -0.2) is 0 Å². The number of carbonyl (C=O) groups is 1. The van der Waals surface area contributed by atoms with Crippen LogP contribution in [0.2, 0.25) is 0 Å². The summed E-state index contributed by atoms with van der Waals surface area (Å²) in [6, 6.07) is 3.45. The molecule has 4 rings (SSSR count). The maximum absolute atomic E-state index is 12.0. The number of carbonyl (C=O) groups excluding carboxylic acids is 1. The first kappa shape index (κ1) is 21.2. The van der Waals surface area contributed by atoms with Crippen molar-refractivity contribution in [2.75, 3.05) is 27.4 Å². The van der Waals surface area contributed by atoms with Gasteiger partial charge in [0.05, 0.1) is 44.9 Å². The van der Waals surface area contributed by atoms with E-state index >= 15 is 0 Å². The van der Waals surface area contributed by atoms with Crippen LogP contribution in [-0.4, -0.2) is 74.3 Å². The Hall–Kier alpha value is -2.07. The summed E-state index contributed by atoms with van der Waals surface area (Å²) in [4.78, 5) is 12.0. The number of fused-ring (bicyclic) bond motifs is 3. The quantitative estimate of drug-likeness (QED) is 0.645. The number of aliphatic hydroxyl groups excluding tert-OH is 2. The maximum Gasteiger partial charge on any atom is 0.311 e. The molecule has 2 aliphatic heterocycles. The normalized spacial score (nSPS) is 34.6. The highest BCUT2D eigenvalue weighted by molar-refractivity contribution is 5.74. The molecule has 2 N–H and O–H groups in total. The summed E-state index contributed by atoms with van der Waals surface area (Å²) >= 11 is 0. The van der Waals surface area contributed by atoms with Crippen molar-refractivity contribution in [2.45, 2.75) is 56.4 Å². The van der Waals surface area contributed by atoms with Gasteiger partial charge in [0.25, 0.3) is 0 Å². The van der Waals surface area contributed by atoms with Crippen LogP contribution < -0.4 is 14.2 Å². The minimum absolute atomic E-state index is 0.00725. The smallest absolute Gasteiger partial charge is 0.311 e. The molecular formula is C21H28O9. The van der Waals surface area contributed by atoms with Gasteiger partial charge in [0.15, 0.2) is 0 Å². The van der Waals surface area contributed by atoms with Crippen LogP contribution in [-0.2, 0) is 19.0 Å². The molecule has 7 atom stereocenters. The van der Waals surface area contributed by atoms with Crippen molar-refractivity contribution in [3.05, 3.63) is 17.7 Å². The van der Waals surface area contributed by atoms with Crippen LogP contribution in [0, 0.1) is 5.92 Å². The monoisotopic (exact) mass is 424 g/mol. The van der Waals surface area contributed by atoms with Gasteiger partial charge >= 0.3 is 5.97 Å². The predicted octanol–water partition coefficient (Wildman–Crippen LogP) is 0.985. The molecule has 2 fully saturated rings. The number of ether oxygens (including phenoxy) is 6. The Labute approximate surface area is 174 Å². The van der Waals surface area contributed by atoms with Crippen molar-refractivity contribution < 1.29 is 43.4 Å². The Kier molecular flexibility index (Phi) is 6.06. The van der Waals surface area contributed by atoms with E-state index < -0.39 is 24.3 Å². The molecule has 0 radical (unpaired) electrons. The number of aliphatic hydroxyl groups is 2. The molecule has 2 heterocycles. The molecule has 0 bridgehead atoms. The average molecular weight is 424 g/mol. The topological polar surface area (TPSA) is 113 Å². The van der Waals surface area contributed by atoms with E-state index in [9.17, 15) is 9.90 Å². The molecule has 0 amide bonds. The second kappa shape index (κ2) is 8.58. The Morgan fingerprint density at radius 2 is 2.10 bits per heavy atom. The number of hydrogen-bond acceptors (Lipinski definition) is 9. The standard InChI is InChI=1S/C21H28O9/c1-10-21(28-11(4-5-22)9-27-10)29-12-6-14(25-2)17-15(7-12)30-16-8-13(20(24)26-3)19(23)18(16)17/h6-7,10-11,13,16,18-19,21-23H,4-5,8-9H2,1-3H3/t10?,11?,13-,16?,18?,19-,21?/m1/s1. The number of benzene rings is 1. The minimum atomic E-state index is -0.918. The Bertz CT molecular complexity index is 782. The maximum atomic E-state index is 12.0. The van der Waals surface area contributed by atoms with Gasteiger partial charge < -0.3 is 38.6 Å². The van der Waals surface area contributed by atoms with E-state index in [0.717, 1.165) is 5.56 Å². The molecule has 1 saturated carbocycles. The fourth-order valence-corrected chi connectivity index (χ4v) is 4.51. The first-order valence-electron chi connectivity index (χ1n) is 10.2. The van der Waals surface area contributed by atoms with Gasteiger partial charge in [-0.2, -0.15) is 0 Å². The largest absolute Gasteiger partial charge is 0.496 e. The summed E-state index contributed by atoms with van der Waals surface area (Å²) in [7, 11) is 2.84. The van der Waals surface area contributed by atoms with Gasteiger partial charge in [-0.05, 0) is 13.3 Å². The minimum Gasteiger partial charge on any atom is -0.496 e. The van der Waals surface area contributed by atoms with Crippen LogP contribution in [0.4, 0.5) is 0 Å². The SMILES string of the molecule is COC(=O)[C@@H]1CC2Oc3cc(OC4OC(CCO)COC4C)cc(OC)c3C2[C@@H]1O. The fraction of sp³-hybridized carbons (Fsp3) is 0.667. The molecular weight excluding hydrogens is 396 g/mol. The summed E-state index contributed by atoms with van der Waals surface area (Å²) in [5.41, 5.74) is 0.723. The number of hydrogen-bond donors (Lipinski definition) is 2. The summed E-state index contributed by atoms with van der Waals surface area (Å²) in [5.74, 6) is 0.0940. The molecule has 30 heavy (non-hydrogen) atoms. The summed E-state index contributed by atoms with van der Waals surface area (Å²) in [6.45, 7) is 2.27. The van der Waals surface area contributed by atoms with Crippen molar-refractivity contribution >= 4 is 5.97 Å². The lowest BCUT2D eigenvalue weighted by Gasteiger charge is -2.34. The zero-order chi connectivity index (χ0) is 21.4. The molecule has 0 aromatic heterocycles. The first-order valence-corrected chi connectivity index (χ1v) is 10.2. The van der Waals surface area contributed by atoms with E-state index in [1.54, 1.807) is 12.1 Å². The van der Waals surface area contributed by atoms with E-state index in [0.29, 0.717) is 36.7 Å². The number of rotatable bonds is 6. The van der Waals surface area contributed by atoms with Crippen molar-refractivity contribution in [1.29, 1.82) is 0 Å². The molecule has 1 aromatic carbocycles. The zero-order valence-corrected chi connectivity index (χ0v) is 17.3. The molecule has 5 unspecified atom stereocenters. The second-order valence-corrected chi connectivity index (χ2v) is 7.87. The van der Waals surface area contributed by atoms with E-state index in [1.165, 1.54) is 14.2 Å². The lowest BCUT2D eigenvalue weighted by atomic mass is 9.92. The van der Waals surface area contributed by atoms with Gasteiger partial charge in [0.2, 0.25) is 6.29 Å². The fourth-order valence-electron chi connectivity index (χ4n) is 4.51. The van der Waals surface area contributed by atoms with Gasteiger partial charge in [-0.3, -0.25) is 4.79 Å². The predicted molar refractivity (Wildman–Crippen MR) is 103 cm³/mol. The summed E-state index contributed by atoms with van der Waals surface area (Å²) in [5, 5.41) is 19.9. The third-order valence-corrected chi connectivity index (χ3v) is 6.04. The van der Waals surface area contributed by atoms with Crippen LogP contribution in [0.15, 0.2) is 12.1 Å². The van der Waals surface area contributed by atoms with Crippen molar-refractivity contribution in [3.8, 4) is 17.2 Å². The summed E-state index contributed by atoms with van der Waals surface area (Å²) < 4.78 is 34.0. The van der Waals surface area contributed by atoms with Crippen LogP contribution in [0.25, 0.3) is 0 Å². The first-order chi connectivity index (χ1) is 14.5. The Morgan fingerprint density at radius 3 is 2.80 bits per heavy atom. The molecule has 3 aliphatic rings. The van der Waals surface area contributed by atoms with Crippen LogP contribution in [0.3, 0.4) is 0 Å². The molecule has 9 nitrogen and oxygen atoms in total. The molecule has 0 spiro atoms. The van der Waals surface area contributed by atoms with E-state index in [4.69, 9.17) is 33.5 Å². The Balaban J connectivity index is 1.56. The number of esters is 1. The van der Waals surface area contributed by atoms with E-state index in [2.05, 4.69) is 0 Å². The summed E-state index contributed by atoms with van der Waals surface area (Å²) in [6.07, 6.45) is -1.61. The lowest BCUT2D eigenvalue weighted by Crippen LogP contribution is -2.45. The lowest BCUT2D eigenvalue weighted by molar-refractivity contribution is -0.242. The van der Waals surface area contributed by atoms with Crippen molar-refractivity contribution in [1.82, 2.24) is 0 Å². The van der Waals surface area contributed by atoms with Gasteiger partial charge in [-0.15, -0.1) is 0 Å². The van der Waals surface area contributed by atoms with E-state index in [1.807, 2.05) is 6.92 Å². The second-order valence-electron chi connectivity index (χ2n) is 7.87. The average Bonchev–Trinajstić information content (AvgIpc) is 3.25. The van der Waals surface area contributed by atoms with Crippen molar-refractivity contribution in [2.24, 2.45) is 5.92 Å². The highest BCUT2D eigenvalue weighted by Gasteiger charge is 2.53. The van der Waals surface area contributed by atoms with Gasteiger partial charge in [-0.1, -0.05) is 0 Å². The van der Waals surface area contributed by atoms with Crippen molar-refractivity contribution in [3.63, 3.8) is 0 Å². The van der Waals surface area contributed by atoms with Gasteiger partial charge in [0.1, 0.15) is 29.5 Å².